The monoisotopic (exact) mass is 542 g/mol. The van der Waals surface area contributed by atoms with Crippen molar-refractivity contribution < 1.29 is 29.0 Å². The molecule has 2 unspecified atom stereocenters. The Hall–Kier alpha value is -4.17. The fourth-order valence-electron chi connectivity index (χ4n) is 5.79. The predicted molar refractivity (Wildman–Crippen MR) is 150 cm³/mol. The molecule has 1 heterocycles. The highest BCUT2D eigenvalue weighted by Crippen LogP contribution is 2.44. The molecular weight excluding hydrogens is 508 g/mol. The van der Waals surface area contributed by atoms with Crippen LogP contribution in [-0.2, 0) is 25.7 Å². The molecule has 0 bridgehead atoms. The molecule has 0 aromatic heterocycles. The van der Waals surface area contributed by atoms with Gasteiger partial charge in [-0.05, 0) is 47.1 Å². The topological polar surface area (TPSA) is 105 Å². The Morgan fingerprint density at radius 1 is 0.950 bits per heavy atom. The van der Waals surface area contributed by atoms with E-state index in [2.05, 4.69) is 17.4 Å². The van der Waals surface area contributed by atoms with Gasteiger partial charge < -0.3 is 24.8 Å². The van der Waals surface area contributed by atoms with Crippen molar-refractivity contribution in [2.75, 3.05) is 13.2 Å². The summed E-state index contributed by atoms with van der Waals surface area (Å²) in [5, 5.41) is 12.5. The molecule has 1 fully saturated rings. The SMILES string of the molecule is CC1CCN(C(=O)[C@H](NC(=O)OCC2c3ccccc3-c3ccccc32)[C@H](C)OCc2ccccc2)C1C(=O)O. The first kappa shape index (κ1) is 27.4. The molecule has 2 N–H and O–H groups in total. The largest absolute Gasteiger partial charge is 0.480 e. The molecule has 2 aliphatic rings. The quantitative estimate of drug-likeness (QED) is 0.402. The number of nitrogens with one attached hydrogen (secondary N) is 1. The summed E-state index contributed by atoms with van der Waals surface area (Å²) in [7, 11) is 0. The highest BCUT2D eigenvalue weighted by molar-refractivity contribution is 5.90. The molecule has 2 amide bonds. The second-order valence-electron chi connectivity index (χ2n) is 10.5. The number of hydrogen-bond donors (Lipinski definition) is 2. The number of fused-ring (bicyclic) bond motifs is 3. The van der Waals surface area contributed by atoms with Crippen LogP contribution in [0, 0.1) is 5.92 Å². The summed E-state index contributed by atoms with van der Waals surface area (Å²) in [5.74, 6) is -1.88. The molecular formula is C32H34N2O6. The van der Waals surface area contributed by atoms with E-state index in [9.17, 15) is 19.5 Å². The van der Waals surface area contributed by atoms with Crippen molar-refractivity contribution in [3.05, 3.63) is 95.6 Å². The number of amides is 2. The lowest BCUT2D eigenvalue weighted by Gasteiger charge is -2.31. The first-order valence-electron chi connectivity index (χ1n) is 13.7. The maximum atomic E-state index is 13.7. The molecule has 0 radical (unpaired) electrons. The van der Waals surface area contributed by atoms with Crippen molar-refractivity contribution in [3.63, 3.8) is 0 Å². The van der Waals surface area contributed by atoms with Crippen LogP contribution in [-0.4, -0.2) is 59.3 Å². The maximum absolute atomic E-state index is 13.7. The normalized spacial score (nSPS) is 19.4. The summed E-state index contributed by atoms with van der Waals surface area (Å²) in [6, 6.07) is 23.5. The molecule has 0 saturated carbocycles. The van der Waals surface area contributed by atoms with E-state index in [0.717, 1.165) is 27.8 Å². The van der Waals surface area contributed by atoms with Gasteiger partial charge in [-0.15, -0.1) is 0 Å². The van der Waals surface area contributed by atoms with Gasteiger partial charge >= 0.3 is 12.1 Å². The van der Waals surface area contributed by atoms with Crippen LogP contribution < -0.4 is 5.32 Å². The average Bonchev–Trinajstić information content (AvgIpc) is 3.51. The van der Waals surface area contributed by atoms with Crippen molar-refractivity contribution in [1.29, 1.82) is 0 Å². The van der Waals surface area contributed by atoms with E-state index in [1.54, 1.807) is 6.92 Å². The average molecular weight is 543 g/mol. The lowest BCUT2D eigenvalue weighted by molar-refractivity contribution is -0.151. The first-order chi connectivity index (χ1) is 19.3. The van der Waals surface area contributed by atoms with E-state index in [1.807, 2.05) is 73.7 Å². The number of carboxylic acid groups (broad SMARTS) is 1. The molecule has 0 spiro atoms. The molecule has 4 atom stereocenters. The van der Waals surface area contributed by atoms with E-state index in [0.29, 0.717) is 13.0 Å². The van der Waals surface area contributed by atoms with E-state index < -0.39 is 36.2 Å². The van der Waals surface area contributed by atoms with Crippen LogP contribution in [0.1, 0.15) is 42.9 Å². The predicted octanol–water partition coefficient (Wildman–Crippen LogP) is 4.82. The minimum Gasteiger partial charge on any atom is -0.480 e. The molecule has 1 aliphatic heterocycles. The van der Waals surface area contributed by atoms with Gasteiger partial charge in [-0.2, -0.15) is 0 Å². The molecule has 40 heavy (non-hydrogen) atoms. The highest BCUT2D eigenvalue weighted by atomic mass is 16.5. The second kappa shape index (κ2) is 11.9. The van der Waals surface area contributed by atoms with E-state index >= 15 is 0 Å². The van der Waals surface area contributed by atoms with Gasteiger partial charge in [0.15, 0.2) is 0 Å². The Bertz CT molecular complexity index is 1330. The van der Waals surface area contributed by atoms with Gasteiger partial charge in [-0.1, -0.05) is 85.8 Å². The minimum atomic E-state index is -1.12. The molecule has 1 saturated heterocycles. The zero-order valence-corrected chi connectivity index (χ0v) is 22.7. The zero-order chi connectivity index (χ0) is 28.2. The van der Waals surface area contributed by atoms with Crippen LogP contribution in [0.25, 0.3) is 11.1 Å². The summed E-state index contributed by atoms with van der Waals surface area (Å²) < 4.78 is 11.7. The molecule has 1 aliphatic carbocycles. The van der Waals surface area contributed by atoms with Crippen LogP contribution in [0.3, 0.4) is 0 Å². The molecule has 208 valence electrons. The minimum absolute atomic E-state index is 0.0958. The Kier molecular flexibility index (Phi) is 8.16. The van der Waals surface area contributed by atoms with E-state index in [4.69, 9.17) is 9.47 Å². The van der Waals surface area contributed by atoms with Crippen molar-refractivity contribution in [1.82, 2.24) is 10.2 Å². The Morgan fingerprint density at radius 3 is 2.17 bits per heavy atom. The third-order valence-electron chi connectivity index (χ3n) is 7.94. The molecule has 8 heteroatoms. The first-order valence-corrected chi connectivity index (χ1v) is 13.7. The van der Waals surface area contributed by atoms with Gasteiger partial charge in [0, 0.05) is 12.5 Å². The van der Waals surface area contributed by atoms with Crippen LogP contribution in [0.15, 0.2) is 78.9 Å². The number of aliphatic carboxylic acids is 1. The second-order valence-corrected chi connectivity index (χ2v) is 10.5. The fourth-order valence-corrected chi connectivity index (χ4v) is 5.79. The fraction of sp³-hybridized carbons (Fsp3) is 0.344. The Balaban J connectivity index is 1.31. The standard InChI is InChI=1S/C32H34N2O6/c1-20-16-17-34(29(20)31(36)37)30(35)28(21(2)39-18-22-10-4-3-5-11-22)33-32(38)40-19-27-25-14-8-6-12-23(25)24-13-7-9-15-26(24)27/h3-15,20-21,27-29H,16-19H2,1-2H3,(H,33,38)(H,36,37)/t20?,21-,28+,29?/m0/s1. The smallest absolute Gasteiger partial charge is 0.407 e. The number of carboxylic acids is 1. The zero-order valence-electron chi connectivity index (χ0n) is 22.7. The van der Waals surface area contributed by atoms with Gasteiger partial charge in [-0.25, -0.2) is 9.59 Å². The molecule has 3 aromatic carbocycles. The number of hydrogen-bond acceptors (Lipinski definition) is 5. The number of carbonyl (C=O) groups is 3. The number of likely N-dealkylation sites (tertiary alicyclic amines) is 1. The van der Waals surface area contributed by atoms with Crippen LogP contribution in [0.5, 0.6) is 0 Å². The third kappa shape index (κ3) is 5.58. The van der Waals surface area contributed by atoms with Crippen molar-refractivity contribution in [2.45, 2.75) is 51.0 Å². The Labute approximate surface area is 233 Å². The molecule has 3 aromatic rings. The van der Waals surface area contributed by atoms with Crippen LogP contribution in [0.4, 0.5) is 4.79 Å². The van der Waals surface area contributed by atoms with Crippen LogP contribution >= 0.6 is 0 Å². The Morgan fingerprint density at radius 2 is 1.55 bits per heavy atom. The van der Waals surface area contributed by atoms with Crippen molar-refractivity contribution in [3.8, 4) is 11.1 Å². The van der Waals surface area contributed by atoms with Crippen molar-refractivity contribution >= 4 is 18.0 Å². The summed E-state index contributed by atoms with van der Waals surface area (Å²) in [5.41, 5.74) is 5.31. The van der Waals surface area contributed by atoms with Gasteiger partial charge in [0.1, 0.15) is 18.7 Å². The van der Waals surface area contributed by atoms with Crippen molar-refractivity contribution in [2.24, 2.45) is 5.92 Å². The van der Waals surface area contributed by atoms with Crippen LogP contribution in [0.2, 0.25) is 0 Å². The van der Waals surface area contributed by atoms with Gasteiger partial charge in [0.05, 0.1) is 12.7 Å². The number of benzene rings is 3. The molecule has 8 nitrogen and oxygen atoms in total. The lowest BCUT2D eigenvalue weighted by Crippen LogP contribution is -2.57. The van der Waals surface area contributed by atoms with Gasteiger partial charge in [0.2, 0.25) is 5.91 Å². The summed E-state index contributed by atoms with van der Waals surface area (Å²) in [6.45, 7) is 4.14. The number of nitrogens with zero attached hydrogens (tertiary/aromatic N) is 1. The van der Waals surface area contributed by atoms with Gasteiger partial charge in [-0.3, -0.25) is 4.79 Å². The summed E-state index contributed by atoms with van der Waals surface area (Å²) in [4.78, 5) is 40.1. The lowest BCUT2D eigenvalue weighted by atomic mass is 9.98. The highest BCUT2D eigenvalue weighted by Gasteiger charge is 2.43. The molecule has 5 rings (SSSR count). The number of ether oxygens (including phenoxy) is 2. The van der Waals surface area contributed by atoms with Gasteiger partial charge in [0.25, 0.3) is 0 Å². The van der Waals surface area contributed by atoms with E-state index in [1.165, 1.54) is 4.90 Å². The number of alkyl carbamates (subject to hydrolysis) is 1. The van der Waals surface area contributed by atoms with E-state index in [-0.39, 0.29) is 25.0 Å². The number of rotatable bonds is 9. The third-order valence-corrected chi connectivity index (χ3v) is 7.94. The summed E-state index contributed by atoms with van der Waals surface area (Å²) >= 11 is 0. The summed E-state index contributed by atoms with van der Waals surface area (Å²) in [6.07, 6.45) is -0.923. The maximum Gasteiger partial charge on any atom is 0.407 e. The number of carbonyl (C=O) groups excluding carboxylic acids is 2.